The fourth-order valence-electron chi connectivity index (χ4n) is 4.97. The smallest absolute Gasteiger partial charge is 0.264 e. The standard InChI is InChI=1S/C36H38Cl3N3O5S/c1-4-25(3)40-36(44)34(21-26-9-7-6-8-10-26)41(23-27-11-12-29(38)22-33(27)39)35(43)24-42(30-15-17-31(18-16-30)47-5-2)48(45,46)32-19-13-28(37)14-20-32/h6-20,22,25,34H,4-5,21,23-24H2,1-3H3,(H,40,44)/t25-,34+/m0/s1. The number of sulfonamides is 1. The molecule has 0 heterocycles. The van der Waals surface area contributed by atoms with Crippen LogP contribution < -0.4 is 14.4 Å². The zero-order valence-electron chi connectivity index (χ0n) is 26.9. The van der Waals surface area contributed by atoms with Crippen LogP contribution in [-0.4, -0.2) is 50.4 Å². The van der Waals surface area contributed by atoms with Crippen molar-refractivity contribution in [2.24, 2.45) is 0 Å². The van der Waals surface area contributed by atoms with Crippen LogP contribution >= 0.6 is 34.8 Å². The largest absolute Gasteiger partial charge is 0.494 e. The van der Waals surface area contributed by atoms with E-state index in [2.05, 4.69) is 5.32 Å². The molecule has 2 atom stereocenters. The molecule has 2 amide bonds. The van der Waals surface area contributed by atoms with Gasteiger partial charge in [0.1, 0.15) is 18.3 Å². The minimum Gasteiger partial charge on any atom is -0.494 e. The van der Waals surface area contributed by atoms with Gasteiger partial charge in [0, 0.05) is 34.1 Å². The Bertz CT molecular complexity index is 1790. The Morgan fingerprint density at radius 3 is 2.10 bits per heavy atom. The Labute approximate surface area is 297 Å². The van der Waals surface area contributed by atoms with Crippen LogP contribution in [0.15, 0.2) is 102 Å². The number of benzene rings is 4. The molecule has 0 saturated carbocycles. The summed E-state index contributed by atoms with van der Waals surface area (Å²) in [6.45, 7) is 5.39. The maximum absolute atomic E-state index is 14.6. The molecule has 0 saturated heterocycles. The molecule has 0 radical (unpaired) electrons. The molecule has 8 nitrogen and oxygen atoms in total. The second-order valence-corrected chi connectivity index (χ2v) is 14.3. The number of nitrogens with zero attached hydrogens (tertiary/aromatic N) is 2. The van der Waals surface area contributed by atoms with Crippen LogP contribution in [0.25, 0.3) is 0 Å². The number of halogens is 3. The molecule has 0 fully saturated rings. The van der Waals surface area contributed by atoms with Gasteiger partial charge in [-0.3, -0.25) is 13.9 Å². The molecule has 4 rings (SSSR count). The number of hydrogen-bond donors (Lipinski definition) is 1. The molecule has 0 unspecified atom stereocenters. The number of ether oxygens (including phenoxy) is 1. The van der Waals surface area contributed by atoms with Crippen LogP contribution in [0.1, 0.15) is 38.3 Å². The van der Waals surface area contributed by atoms with Gasteiger partial charge in [0.15, 0.2) is 0 Å². The fraction of sp³-hybridized carbons (Fsp3) is 0.278. The van der Waals surface area contributed by atoms with Crippen LogP contribution in [0.2, 0.25) is 15.1 Å². The zero-order chi connectivity index (χ0) is 34.8. The summed E-state index contributed by atoms with van der Waals surface area (Å²) in [7, 11) is -4.30. The predicted molar refractivity (Wildman–Crippen MR) is 192 cm³/mol. The van der Waals surface area contributed by atoms with Crippen molar-refractivity contribution >= 4 is 62.3 Å². The molecule has 0 spiro atoms. The van der Waals surface area contributed by atoms with Crippen molar-refractivity contribution in [2.75, 3.05) is 17.5 Å². The second kappa shape index (κ2) is 17.1. The number of hydrogen-bond acceptors (Lipinski definition) is 5. The van der Waals surface area contributed by atoms with Crippen molar-refractivity contribution in [3.05, 3.63) is 123 Å². The highest BCUT2D eigenvalue weighted by Gasteiger charge is 2.35. The van der Waals surface area contributed by atoms with E-state index < -0.39 is 28.5 Å². The number of carbonyl (C=O) groups excluding carboxylic acids is 2. The van der Waals surface area contributed by atoms with E-state index in [-0.39, 0.29) is 35.5 Å². The third kappa shape index (κ3) is 9.66. The molecule has 4 aromatic carbocycles. The third-order valence-corrected chi connectivity index (χ3v) is 10.4. The van der Waals surface area contributed by atoms with Crippen LogP contribution in [0.5, 0.6) is 5.75 Å². The number of carbonyl (C=O) groups is 2. The summed E-state index contributed by atoms with van der Waals surface area (Å²) in [5.74, 6) is -0.451. The van der Waals surface area contributed by atoms with Crippen LogP contribution in [0.3, 0.4) is 0 Å². The topological polar surface area (TPSA) is 96.0 Å². The summed E-state index contributed by atoms with van der Waals surface area (Å²) >= 11 is 18.8. The van der Waals surface area contributed by atoms with E-state index in [9.17, 15) is 18.0 Å². The van der Waals surface area contributed by atoms with Gasteiger partial charge < -0.3 is 15.0 Å². The maximum atomic E-state index is 14.6. The number of nitrogens with one attached hydrogen (secondary N) is 1. The second-order valence-electron chi connectivity index (χ2n) is 11.2. The van der Waals surface area contributed by atoms with Gasteiger partial charge in [-0.15, -0.1) is 0 Å². The summed E-state index contributed by atoms with van der Waals surface area (Å²) in [4.78, 5) is 29.9. The van der Waals surface area contributed by atoms with Gasteiger partial charge in [0.2, 0.25) is 11.8 Å². The van der Waals surface area contributed by atoms with Gasteiger partial charge in [0.05, 0.1) is 17.2 Å². The minimum absolute atomic E-state index is 0.0590. The molecule has 12 heteroatoms. The van der Waals surface area contributed by atoms with Gasteiger partial charge in [-0.1, -0.05) is 78.1 Å². The van der Waals surface area contributed by atoms with E-state index in [0.717, 1.165) is 9.87 Å². The van der Waals surface area contributed by atoms with Crippen molar-refractivity contribution in [2.45, 2.75) is 57.1 Å². The van der Waals surface area contributed by atoms with Crippen molar-refractivity contribution in [3.8, 4) is 5.75 Å². The highest BCUT2D eigenvalue weighted by molar-refractivity contribution is 7.92. The minimum atomic E-state index is -4.30. The highest BCUT2D eigenvalue weighted by Crippen LogP contribution is 2.29. The van der Waals surface area contributed by atoms with E-state index >= 15 is 0 Å². The van der Waals surface area contributed by atoms with Gasteiger partial charge in [0.25, 0.3) is 10.0 Å². The van der Waals surface area contributed by atoms with Gasteiger partial charge in [-0.05, 0) is 92.1 Å². The normalized spacial score (nSPS) is 12.5. The van der Waals surface area contributed by atoms with Gasteiger partial charge in [-0.25, -0.2) is 8.42 Å². The van der Waals surface area contributed by atoms with Crippen molar-refractivity contribution in [3.63, 3.8) is 0 Å². The Kier molecular flexibility index (Phi) is 13.2. The zero-order valence-corrected chi connectivity index (χ0v) is 30.0. The number of anilines is 1. The molecule has 0 aromatic heterocycles. The number of amides is 2. The lowest BCUT2D eigenvalue weighted by molar-refractivity contribution is -0.140. The third-order valence-electron chi connectivity index (χ3n) is 7.74. The van der Waals surface area contributed by atoms with Crippen molar-refractivity contribution in [1.82, 2.24) is 10.2 Å². The molecule has 254 valence electrons. The molecule has 0 bridgehead atoms. The van der Waals surface area contributed by atoms with Crippen molar-refractivity contribution in [1.29, 1.82) is 0 Å². The molecule has 0 aliphatic heterocycles. The first kappa shape index (κ1) is 37.1. The predicted octanol–water partition coefficient (Wildman–Crippen LogP) is 7.80. The molecular weight excluding hydrogens is 693 g/mol. The summed E-state index contributed by atoms with van der Waals surface area (Å²) in [6, 6.07) is 25.2. The molecule has 4 aromatic rings. The average molecular weight is 731 g/mol. The van der Waals surface area contributed by atoms with Crippen LogP contribution in [-0.2, 0) is 32.6 Å². The lowest BCUT2D eigenvalue weighted by atomic mass is 10.0. The molecule has 1 N–H and O–H groups in total. The maximum Gasteiger partial charge on any atom is 0.264 e. The van der Waals surface area contributed by atoms with E-state index in [1.807, 2.05) is 51.1 Å². The summed E-state index contributed by atoms with van der Waals surface area (Å²) < 4.78 is 35.0. The summed E-state index contributed by atoms with van der Waals surface area (Å²) in [5, 5.41) is 4.09. The molecular formula is C36H38Cl3N3O5S. The van der Waals surface area contributed by atoms with Crippen LogP contribution in [0.4, 0.5) is 5.69 Å². The van der Waals surface area contributed by atoms with E-state index in [4.69, 9.17) is 39.5 Å². The van der Waals surface area contributed by atoms with Crippen molar-refractivity contribution < 1.29 is 22.7 Å². The van der Waals surface area contributed by atoms with E-state index in [1.165, 1.54) is 29.2 Å². The first-order valence-corrected chi connectivity index (χ1v) is 18.1. The lowest BCUT2D eigenvalue weighted by Crippen LogP contribution is -2.54. The molecule has 48 heavy (non-hydrogen) atoms. The lowest BCUT2D eigenvalue weighted by Gasteiger charge is -2.34. The highest BCUT2D eigenvalue weighted by atomic mass is 35.5. The molecule has 0 aliphatic carbocycles. The Balaban J connectivity index is 1.83. The Morgan fingerprint density at radius 1 is 0.854 bits per heavy atom. The quantitative estimate of drug-likeness (QED) is 0.135. The van der Waals surface area contributed by atoms with Gasteiger partial charge >= 0.3 is 0 Å². The van der Waals surface area contributed by atoms with Gasteiger partial charge in [-0.2, -0.15) is 0 Å². The Hall–Kier alpha value is -3.76. The fourth-order valence-corrected chi connectivity index (χ4v) is 6.97. The first-order valence-electron chi connectivity index (χ1n) is 15.5. The average Bonchev–Trinajstić information content (AvgIpc) is 3.07. The molecule has 0 aliphatic rings. The monoisotopic (exact) mass is 729 g/mol. The number of rotatable bonds is 15. The van der Waals surface area contributed by atoms with E-state index in [1.54, 1.807) is 42.5 Å². The summed E-state index contributed by atoms with van der Waals surface area (Å²) in [6.07, 6.45) is 0.846. The van der Waals surface area contributed by atoms with Crippen LogP contribution in [0, 0.1) is 0 Å². The summed E-state index contributed by atoms with van der Waals surface area (Å²) in [5.41, 5.74) is 1.59. The SMILES string of the molecule is CCOc1ccc(N(CC(=O)N(Cc2ccc(Cl)cc2Cl)[C@H](Cc2ccccc2)C(=O)N[C@@H](C)CC)S(=O)(=O)c2ccc(Cl)cc2)cc1. The Morgan fingerprint density at radius 2 is 1.50 bits per heavy atom. The first-order chi connectivity index (χ1) is 22.9. The van der Waals surface area contributed by atoms with E-state index in [0.29, 0.717) is 39.4 Å².